The van der Waals surface area contributed by atoms with Gasteiger partial charge in [-0.15, -0.1) is 0 Å². The van der Waals surface area contributed by atoms with Crippen LogP contribution in [0, 0.1) is 0 Å². The van der Waals surface area contributed by atoms with E-state index in [-0.39, 0.29) is 24.6 Å². The average molecular weight is 236 g/mol. The minimum Gasteiger partial charge on any atom is -0.395 e. The first kappa shape index (κ1) is 13.7. The van der Waals surface area contributed by atoms with Crippen molar-refractivity contribution in [2.24, 2.45) is 0 Å². The molecular weight excluding hydrogens is 216 g/mol. The molecule has 1 amide bonds. The van der Waals surface area contributed by atoms with Crippen LogP contribution >= 0.6 is 0 Å². The lowest BCUT2D eigenvalue weighted by atomic mass is 10.2. The molecule has 17 heavy (non-hydrogen) atoms. The molecule has 4 heteroatoms. The lowest BCUT2D eigenvalue weighted by Gasteiger charge is -2.19. The Labute approximate surface area is 102 Å². The van der Waals surface area contributed by atoms with Crippen molar-refractivity contribution < 1.29 is 9.90 Å². The van der Waals surface area contributed by atoms with Crippen molar-refractivity contribution >= 4 is 11.6 Å². The second-order valence-corrected chi connectivity index (χ2v) is 4.03. The number of rotatable bonds is 6. The number of amides is 1. The molecule has 4 nitrogen and oxygen atoms in total. The lowest BCUT2D eigenvalue weighted by molar-refractivity contribution is -0.118. The second kappa shape index (κ2) is 7.04. The standard InChI is InChI=1S/C13H20N2O2/c1-3-11(9-16)14-10(2)13(17)15-12-7-5-4-6-8-12/h4-8,10-11,14,16H,3,9H2,1-2H3,(H,15,17). The summed E-state index contributed by atoms with van der Waals surface area (Å²) in [7, 11) is 0. The van der Waals surface area contributed by atoms with Crippen LogP contribution in [0.3, 0.4) is 0 Å². The molecule has 2 atom stereocenters. The van der Waals surface area contributed by atoms with E-state index < -0.39 is 0 Å². The quantitative estimate of drug-likeness (QED) is 0.699. The highest BCUT2D eigenvalue weighted by molar-refractivity contribution is 5.94. The molecule has 1 aromatic rings. The number of para-hydroxylation sites is 1. The van der Waals surface area contributed by atoms with Gasteiger partial charge in [0.25, 0.3) is 0 Å². The van der Waals surface area contributed by atoms with Crippen molar-refractivity contribution in [1.29, 1.82) is 0 Å². The fourth-order valence-corrected chi connectivity index (χ4v) is 1.50. The monoisotopic (exact) mass is 236 g/mol. The van der Waals surface area contributed by atoms with Crippen LogP contribution in [0.5, 0.6) is 0 Å². The van der Waals surface area contributed by atoms with Gasteiger partial charge in [0.2, 0.25) is 5.91 Å². The van der Waals surface area contributed by atoms with Gasteiger partial charge in [-0.1, -0.05) is 25.1 Å². The molecule has 94 valence electrons. The van der Waals surface area contributed by atoms with E-state index in [1.165, 1.54) is 0 Å². The first-order valence-electron chi connectivity index (χ1n) is 5.90. The molecule has 0 heterocycles. The maximum absolute atomic E-state index is 11.8. The average Bonchev–Trinajstić information content (AvgIpc) is 2.36. The van der Waals surface area contributed by atoms with Gasteiger partial charge in [-0.05, 0) is 25.5 Å². The first-order chi connectivity index (χ1) is 8.17. The van der Waals surface area contributed by atoms with E-state index >= 15 is 0 Å². The van der Waals surface area contributed by atoms with E-state index in [1.54, 1.807) is 6.92 Å². The number of anilines is 1. The highest BCUT2D eigenvalue weighted by Gasteiger charge is 2.16. The molecule has 0 aliphatic heterocycles. The predicted octanol–water partition coefficient (Wildman–Crippen LogP) is 1.37. The van der Waals surface area contributed by atoms with E-state index in [0.29, 0.717) is 0 Å². The second-order valence-electron chi connectivity index (χ2n) is 4.03. The van der Waals surface area contributed by atoms with Gasteiger partial charge in [0.05, 0.1) is 12.6 Å². The highest BCUT2D eigenvalue weighted by atomic mass is 16.3. The summed E-state index contributed by atoms with van der Waals surface area (Å²) in [6.45, 7) is 3.80. The Balaban J connectivity index is 2.47. The number of hydrogen-bond acceptors (Lipinski definition) is 3. The third kappa shape index (κ3) is 4.54. The molecule has 0 fully saturated rings. The Morgan fingerprint density at radius 2 is 2.00 bits per heavy atom. The Hall–Kier alpha value is -1.39. The summed E-state index contributed by atoms with van der Waals surface area (Å²) in [5, 5.41) is 14.9. The third-order valence-corrected chi connectivity index (χ3v) is 2.63. The van der Waals surface area contributed by atoms with Crippen molar-refractivity contribution in [3.63, 3.8) is 0 Å². The van der Waals surface area contributed by atoms with Crippen molar-refractivity contribution in [3.8, 4) is 0 Å². The smallest absolute Gasteiger partial charge is 0.241 e. The molecule has 0 saturated heterocycles. The molecule has 1 aromatic carbocycles. The number of aliphatic hydroxyl groups is 1. The Bertz CT molecular complexity index is 337. The van der Waals surface area contributed by atoms with Crippen LogP contribution < -0.4 is 10.6 Å². The molecular formula is C13H20N2O2. The van der Waals surface area contributed by atoms with Crippen LogP contribution in [0.1, 0.15) is 20.3 Å². The van der Waals surface area contributed by atoms with Crippen LogP contribution in [-0.4, -0.2) is 29.7 Å². The predicted molar refractivity (Wildman–Crippen MR) is 68.8 cm³/mol. The van der Waals surface area contributed by atoms with E-state index in [2.05, 4.69) is 10.6 Å². The minimum atomic E-state index is -0.327. The van der Waals surface area contributed by atoms with E-state index in [0.717, 1.165) is 12.1 Å². The van der Waals surface area contributed by atoms with Crippen LogP contribution in [0.15, 0.2) is 30.3 Å². The molecule has 0 aliphatic carbocycles. The van der Waals surface area contributed by atoms with Gasteiger partial charge in [-0.2, -0.15) is 0 Å². The Kier molecular flexibility index (Phi) is 5.66. The normalized spacial score (nSPS) is 14.1. The van der Waals surface area contributed by atoms with Gasteiger partial charge in [-0.3, -0.25) is 4.79 Å². The zero-order valence-electron chi connectivity index (χ0n) is 10.3. The van der Waals surface area contributed by atoms with Crippen molar-refractivity contribution in [2.75, 3.05) is 11.9 Å². The van der Waals surface area contributed by atoms with Crippen LogP contribution in [0.25, 0.3) is 0 Å². The molecule has 0 saturated carbocycles. The maximum atomic E-state index is 11.8. The SMILES string of the molecule is CCC(CO)NC(C)C(=O)Nc1ccccc1. The number of carbonyl (C=O) groups excluding carboxylic acids is 1. The van der Waals surface area contributed by atoms with Crippen molar-refractivity contribution in [3.05, 3.63) is 30.3 Å². The summed E-state index contributed by atoms with van der Waals surface area (Å²) in [4.78, 5) is 11.8. The number of carbonyl (C=O) groups is 1. The summed E-state index contributed by atoms with van der Waals surface area (Å²) in [5.41, 5.74) is 0.781. The number of hydrogen-bond donors (Lipinski definition) is 3. The first-order valence-corrected chi connectivity index (χ1v) is 5.90. The van der Waals surface area contributed by atoms with Crippen LogP contribution in [-0.2, 0) is 4.79 Å². The molecule has 0 radical (unpaired) electrons. The van der Waals surface area contributed by atoms with Crippen molar-refractivity contribution in [1.82, 2.24) is 5.32 Å². The lowest BCUT2D eigenvalue weighted by Crippen LogP contribution is -2.45. The van der Waals surface area contributed by atoms with Gasteiger partial charge >= 0.3 is 0 Å². The topological polar surface area (TPSA) is 61.4 Å². The van der Waals surface area contributed by atoms with Crippen LogP contribution in [0.4, 0.5) is 5.69 Å². The summed E-state index contributed by atoms with van der Waals surface area (Å²) in [6, 6.07) is 8.96. The largest absolute Gasteiger partial charge is 0.395 e. The van der Waals surface area contributed by atoms with Gasteiger partial charge in [-0.25, -0.2) is 0 Å². The van der Waals surface area contributed by atoms with Gasteiger partial charge in [0.1, 0.15) is 0 Å². The molecule has 0 aromatic heterocycles. The van der Waals surface area contributed by atoms with Gasteiger partial charge in [0, 0.05) is 11.7 Å². The van der Waals surface area contributed by atoms with E-state index in [1.807, 2.05) is 37.3 Å². The molecule has 1 rings (SSSR count). The zero-order chi connectivity index (χ0) is 12.7. The Morgan fingerprint density at radius 3 is 2.53 bits per heavy atom. The summed E-state index contributed by atoms with van der Waals surface area (Å²) in [5.74, 6) is -0.0944. The molecule has 0 bridgehead atoms. The van der Waals surface area contributed by atoms with E-state index in [9.17, 15) is 4.79 Å². The molecule has 2 unspecified atom stereocenters. The molecule has 0 spiro atoms. The van der Waals surface area contributed by atoms with E-state index in [4.69, 9.17) is 5.11 Å². The van der Waals surface area contributed by atoms with Gasteiger partial charge in [0.15, 0.2) is 0 Å². The van der Waals surface area contributed by atoms with Crippen LogP contribution in [0.2, 0.25) is 0 Å². The molecule has 0 aliphatic rings. The fraction of sp³-hybridized carbons (Fsp3) is 0.462. The number of nitrogens with one attached hydrogen (secondary N) is 2. The Morgan fingerprint density at radius 1 is 1.35 bits per heavy atom. The minimum absolute atomic E-state index is 0.0356. The zero-order valence-corrected chi connectivity index (χ0v) is 10.3. The highest BCUT2D eigenvalue weighted by Crippen LogP contribution is 2.05. The summed E-state index contributed by atoms with van der Waals surface area (Å²) >= 11 is 0. The number of aliphatic hydroxyl groups excluding tert-OH is 1. The maximum Gasteiger partial charge on any atom is 0.241 e. The summed E-state index contributed by atoms with van der Waals surface area (Å²) in [6.07, 6.45) is 0.791. The fourth-order valence-electron chi connectivity index (χ4n) is 1.50. The number of benzene rings is 1. The molecule has 3 N–H and O–H groups in total. The third-order valence-electron chi connectivity index (χ3n) is 2.63. The summed E-state index contributed by atoms with van der Waals surface area (Å²) < 4.78 is 0. The van der Waals surface area contributed by atoms with Crippen molar-refractivity contribution in [2.45, 2.75) is 32.4 Å². The van der Waals surface area contributed by atoms with Gasteiger partial charge < -0.3 is 15.7 Å².